The molecule has 1 aliphatic carbocycles. The smallest absolute Gasteiger partial charge is 0.0847 e. The molecule has 0 radical (unpaired) electrons. The molecule has 20 heavy (non-hydrogen) atoms. The summed E-state index contributed by atoms with van der Waals surface area (Å²) in [5.41, 5.74) is 5.06. The van der Waals surface area contributed by atoms with E-state index in [2.05, 4.69) is 24.4 Å². The number of aromatic nitrogens is 2. The molecular weight excluding hydrogens is 272 g/mol. The molecule has 5 heteroatoms. The van der Waals surface area contributed by atoms with Gasteiger partial charge < -0.3 is 0 Å². The van der Waals surface area contributed by atoms with Crippen LogP contribution >= 0.6 is 11.6 Å². The molecule has 1 fully saturated rings. The molecular formula is C15H27ClN4. The molecule has 1 unspecified atom stereocenters. The summed E-state index contributed by atoms with van der Waals surface area (Å²) in [5, 5.41) is 5.29. The second-order valence-electron chi connectivity index (χ2n) is 6.16. The van der Waals surface area contributed by atoms with E-state index in [4.69, 9.17) is 17.4 Å². The molecule has 4 nitrogen and oxygen atoms in total. The Morgan fingerprint density at radius 1 is 1.40 bits per heavy atom. The summed E-state index contributed by atoms with van der Waals surface area (Å²) in [6.45, 7) is 7.25. The number of halogens is 1. The number of nitrogens with two attached hydrogens (primary N) is 1. The molecule has 0 amide bonds. The highest BCUT2D eigenvalue weighted by molar-refractivity contribution is 6.31. The summed E-state index contributed by atoms with van der Waals surface area (Å²) in [6.07, 6.45) is 5.99. The maximum Gasteiger partial charge on any atom is 0.0847 e. The highest BCUT2D eigenvalue weighted by Gasteiger charge is 2.27. The maximum atomic E-state index is 6.40. The summed E-state index contributed by atoms with van der Waals surface area (Å²) in [6, 6.07) is 0.293. The van der Waals surface area contributed by atoms with Gasteiger partial charge in [0.2, 0.25) is 0 Å². The monoisotopic (exact) mass is 298 g/mol. The lowest BCUT2D eigenvalue weighted by Crippen LogP contribution is -2.44. The van der Waals surface area contributed by atoms with E-state index in [9.17, 15) is 0 Å². The highest BCUT2D eigenvalue weighted by atomic mass is 35.5. The second kappa shape index (κ2) is 6.92. The summed E-state index contributed by atoms with van der Waals surface area (Å²) in [4.78, 5) is 0. The molecule has 1 atom stereocenters. The Kier molecular flexibility index (Phi) is 5.47. The van der Waals surface area contributed by atoms with Gasteiger partial charge in [0.15, 0.2) is 0 Å². The Bertz CT molecular complexity index is 435. The number of hydrogen-bond acceptors (Lipinski definition) is 3. The standard InChI is InChI=1S/C15H27ClN4/c1-4-20-14(15(16)11(3)19-20)9-13(18-17)12-7-5-10(2)6-8-12/h10,12-13,18H,4-9,17H2,1-3H3. The van der Waals surface area contributed by atoms with E-state index in [1.807, 2.05) is 11.6 Å². The zero-order chi connectivity index (χ0) is 14.7. The first-order valence-electron chi connectivity index (χ1n) is 7.74. The third-order valence-electron chi connectivity index (χ3n) is 4.71. The van der Waals surface area contributed by atoms with Crippen molar-refractivity contribution in [2.45, 2.75) is 65.5 Å². The number of rotatable bonds is 5. The van der Waals surface area contributed by atoms with E-state index in [1.165, 1.54) is 25.7 Å². The van der Waals surface area contributed by atoms with Gasteiger partial charge in [-0.2, -0.15) is 5.10 Å². The van der Waals surface area contributed by atoms with Gasteiger partial charge in [-0.05, 0) is 38.5 Å². The largest absolute Gasteiger partial charge is 0.271 e. The van der Waals surface area contributed by atoms with Crippen LogP contribution in [0, 0.1) is 18.8 Å². The van der Waals surface area contributed by atoms with Crippen molar-refractivity contribution in [3.05, 3.63) is 16.4 Å². The Hall–Kier alpha value is -0.580. The summed E-state index contributed by atoms with van der Waals surface area (Å²) >= 11 is 6.40. The van der Waals surface area contributed by atoms with Gasteiger partial charge in [0.05, 0.1) is 16.4 Å². The summed E-state index contributed by atoms with van der Waals surface area (Å²) in [5.74, 6) is 7.32. The normalized spacial score (nSPS) is 24.9. The van der Waals surface area contributed by atoms with Crippen LogP contribution in [0.1, 0.15) is 50.9 Å². The lowest BCUT2D eigenvalue weighted by molar-refractivity contribution is 0.227. The van der Waals surface area contributed by atoms with Crippen LogP contribution < -0.4 is 11.3 Å². The summed E-state index contributed by atoms with van der Waals surface area (Å²) < 4.78 is 2.01. The van der Waals surface area contributed by atoms with E-state index < -0.39 is 0 Å². The SMILES string of the molecule is CCn1nc(C)c(Cl)c1CC(NN)C1CCC(C)CC1. The fourth-order valence-corrected chi connectivity index (χ4v) is 3.53. The zero-order valence-electron chi connectivity index (χ0n) is 12.8. The quantitative estimate of drug-likeness (QED) is 0.649. The first-order valence-corrected chi connectivity index (χ1v) is 8.12. The fraction of sp³-hybridized carbons (Fsp3) is 0.800. The van der Waals surface area contributed by atoms with Crippen molar-refractivity contribution in [3.8, 4) is 0 Å². The van der Waals surface area contributed by atoms with Gasteiger partial charge in [0.25, 0.3) is 0 Å². The van der Waals surface area contributed by atoms with E-state index >= 15 is 0 Å². The van der Waals surface area contributed by atoms with Crippen LogP contribution in [0.15, 0.2) is 0 Å². The number of hydrogen-bond donors (Lipinski definition) is 2. The van der Waals surface area contributed by atoms with Crippen molar-refractivity contribution in [1.29, 1.82) is 0 Å². The van der Waals surface area contributed by atoms with Crippen molar-refractivity contribution in [3.63, 3.8) is 0 Å². The average molecular weight is 299 g/mol. The highest BCUT2D eigenvalue weighted by Crippen LogP contribution is 2.32. The maximum absolute atomic E-state index is 6.40. The minimum Gasteiger partial charge on any atom is -0.271 e. The third kappa shape index (κ3) is 3.35. The fourth-order valence-electron chi connectivity index (χ4n) is 3.32. The number of nitrogens with one attached hydrogen (secondary N) is 1. The zero-order valence-corrected chi connectivity index (χ0v) is 13.6. The van der Waals surface area contributed by atoms with Crippen molar-refractivity contribution in [1.82, 2.24) is 15.2 Å². The van der Waals surface area contributed by atoms with Gasteiger partial charge in [-0.25, -0.2) is 0 Å². The molecule has 1 saturated carbocycles. The molecule has 0 bridgehead atoms. The molecule has 1 aromatic heterocycles. The first-order chi connectivity index (χ1) is 9.56. The Morgan fingerprint density at radius 2 is 2.05 bits per heavy atom. The molecule has 1 aliphatic rings. The molecule has 3 N–H and O–H groups in total. The predicted molar refractivity (Wildman–Crippen MR) is 83.6 cm³/mol. The van der Waals surface area contributed by atoms with Gasteiger partial charge in [0.1, 0.15) is 0 Å². The number of hydrazine groups is 1. The average Bonchev–Trinajstić information content (AvgIpc) is 2.73. The molecule has 2 rings (SSSR count). The molecule has 0 spiro atoms. The van der Waals surface area contributed by atoms with Crippen LogP contribution in [-0.2, 0) is 13.0 Å². The third-order valence-corrected chi connectivity index (χ3v) is 5.20. The van der Waals surface area contributed by atoms with Crippen LogP contribution in [-0.4, -0.2) is 15.8 Å². The molecule has 0 aliphatic heterocycles. The van der Waals surface area contributed by atoms with E-state index in [-0.39, 0.29) is 0 Å². The van der Waals surface area contributed by atoms with Crippen molar-refractivity contribution in [2.24, 2.45) is 17.7 Å². The second-order valence-corrected chi connectivity index (χ2v) is 6.54. The summed E-state index contributed by atoms with van der Waals surface area (Å²) in [7, 11) is 0. The Balaban J connectivity index is 2.10. The molecule has 0 saturated heterocycles. The lowest BCUT2D eigenvalue weighted by atomic mass is 9.78. The van der Waals surface area contributed by atoms with E-state index in [1.54, 1.807) is 0 Å². The van der Waals surface area contributed by atoms with Gasteiger partial charge in [-0.3, -0.25) is 16.0 Å². The van der Waals surface area contributed by atoms with Crippen molar-refractivity contribution < 1.29 is 0 Å². The Labute approximate surface area is 127 Å². The first kappa shape index (κ1) is 15.8. The van der Waals surface area contributed by atoms with Crippen molar-refractivity contribution >= 4 is 11.6 Å². The molecule has 0 aromatic carbocycles. The van der Waals surface area contributed by atoms with Gasteiger partial charge in [0, 0.05) is 19.0 Å². The molecule has 1 heterocycles. The van der Waals surface area contributed by atoms with E-state index in [0.29, 0.717) is 12.0 Å². The number of nitrogens with zero attached hydrogens (tertiary/aromatic N) is 2. The minimum absolute atomic E-state index is 0.293. The molecule has 1 aromatic rings. The Morgan fingerprint density at radius 3 is 2.60 bits per heavy atom. The topological polar surface area (TPSA) is 55.9 Å². The van der Waals surface area contributed by atoms with Crippen molar-refractivity contribution in [2.75, 3.05) is 0 Å². The van der Waals surface area contributed by atoms with Gasteiger partial charge in [-0.15, -0.1) is 0 Å². The molecule has 114 valence electrons. The van der Waals surface area contributed by atoms with Crippen LogP contribution in [0.2, 0.25) is 5.02 Å². The number of aryl methyl sites for hydroxylation is 2. The van der Waals surface area contributed by atoms with Gasteiger partial charge >= 0.3 is 0 Å². The van der Waals surface area contributed by atoms with Crippen LogP contribution in [0.5, 0.6) is 0 Å². The minimum atomic E-state index is 0.293. The van der Waals surface area contributed by atoms with Crippen LogP contribution in [0.4, 0.5) is 0 Å². The predicted octanol–water partition coefficient (Wildman–Crippen LogP) is 3.07. The van der Waals surface area contributed by atoms with Gasteiger partial charge in [-0.1, -0.05) is 31.4 Å². The van der Waals surface area contributed by atoms with Crippen LogP contribution in [0.25, 0.3) is 0 Å². The lowest BCUT2D eigenvalue weighted by Gasteiger charge is -2.32. The van der Waals surface area contributed by atoms with Crippen LogP contribution in [0.3, 0.4) is 0 Å². The van der Waals surface area contributed by atoms with E-state index in [0.717, 1.165) is 35.3 Å².